The number of aliphatic hydroxyl groups is 1. The van der Waals surface area contributed by atoms with Gasteiger partial charge in [-0.3, -0.25) is 0 Å². The third kappa shape index (κ3) is 3.09. The lowest BCUT2D eigenvalue weighted by Gasteiger charge is -2.32. The molecule has 0 saturated carbocycles. The molecule has 0 heterocycles. The molecule has 1 aliphatic carbocycles. The van der Waals surface area contributed by atoms with Crippen LogP contribution < -0.4 is 10.6 Å². The summed E-state index contributed by atoms with van der Waals surface area (Å²) in [5.41, 5.74) is -0.973. The van der Waals surface area contributed by atoms with Crippen molar-refractivity contribution in [1.29, 1.82) is 0 Å². The molecule has 2 nitrogen and oxygen atoms in total. The zero-order chi connectivity index (χ0) is 15.5. The second kappa shape index (κ2) is 6.24. The highest BCUT2D eigenvalue weighted by Gasteiger charge is 2.37. The lowest BCUT2D eigenvalue weighted by molar-refractivity contribution is 0.0979. The summed E-state index contributed by atoms with van der Waals surface area (Å²) < 4.78 is 13.9. The van der Waals surface area contributed by atoms with Gasteiger partial charge in [-0.1, -0.05) is 72.8 Å². The Balaban J connectivity index is 2.06. The van der Waals surface area contributed by atoms with Gasteiger partial charge in [0.25, 0.3) is 0 Å². The van der Waals surface area contributed by atoms with Crippen LogP contribution in [0.15, 0.2) is 72.8 Å². The van der Waals surface area contributed by atoms with Gasteiger partial charge < -0.3 is 9.67 Å². The number of rotatable bonds is 4. The molecule has 0 bridgehead atoms. The van der Waals surface area contributed by atoms with Gasteiger partial charge in [0.05, 0.1) is 5.60 Å². The smallest absolute Gasteiger partial charge is 0.146 e. The lowest BCUT2D eigenvalue weighted by atomic mass is 9.93. The van der Waals surface area contributed by atoms with Crippen molar-refractivity contribution < 1.29 is 9.67 Å². The molecule has 0 aromatic heterocycles. The summed E-state index contributed by atoms with van der Waals surface area (Å²) in [5.74, 6) is 0. The van der Waals surface area contributed by atoms with E-state index in [1.54, 1.807) is 0 Å². The Hall–Kier alpha value is -1.63. The molecule has 1 N–H and O–H groups in total. The molecule has 3 rings (SSSR count). The van der Waals surface area contributed by atoms with Crippen LogP contribution in [0.25, 0.3) is 0 Å². The van der Waals surface area contributed by atoms with Crippen LogP contribution >= 0.6 is 7.14 Å². The van der Waals surface area contributed by atoms with Gasteiger partial charge in [-0.2, -0.15) is 0 Å². The Labute approximate surface area is 131 Å². The van der Waals surface area contributed by atoms with Crippen LogP contribution in [0.1, 0.15) is 19.3 Å². The Morgan fingerprint density at radius 3 is 1.95 bits per heavy atom. The first kappa shape index (κ1) is 15.3. The van der Waals surface area contributed by atoms with E-state index in [0.717, 1.165) is 23.5 Å². The van der Waals surface area contributed by atoms with E-state index in [0.29, 0.717) is 6.42 Å². The van der Waals surface area contributed by atoms with E-state index in [2.05, 4.69) is 0 Å². The molecular formula is C19H21O2P. The minimum Gasteiger partial charge on any atom is -0.385 e. The summed E-state index contributed by atoms with van der Waals surface area (Å²) in [6.45, 7) is 0. The highest BCUT2D eigenvalue weighted by Crippen LogP contribution is 2.47. The molecular weight excluding hydrogens is 291 g/mol. The Kier molecular flexibility index (Phi) is 4.33. The zero-order valence-electron chi connectivity index (χ0n) is 12.6. The van der Waals surface area contributed by atoms with Crippen molar-refractivity contribution in [1.82, 2.24) is 0 Å². The Bertz CT molecular complexity index is 650. The van der Waals surface area contributed by atoms with E-state index in [1.807, 2.05) is 72.8 Å². The third-order valence-corrected chi connectivity index (χ3v) is 7.51. The van der Waals surface area contributed by atoms with E-state index in [1.165, 1.54) is 0 Å². The van der Waals surface area contributed by atoms with Crippen LogP contribution in [0.4, 0.5) is 0 Å². The second-order valence-corrected chi connectivity index (χ2v) is 8.80. The fourth-order valence-electron chi connectivity index (χ4n) is 3.10. The van der Waals surface area contributed by atoms with Crippen LogP contribution in [0.2, 0.25) is 0 Å². The monoisotopic (exact) mass is 312 g/mol. The van der Waals surface area contributed by atoms with Crippen LogP contribution in [0.5, 0.6) is 0 Å². The topological polar surface area (TPSA) is 37.3 Å². The van der Waals surface area contributed by atoms with Crippen LogP contribution in [-0.2, 0) is 4.57 Å². The fraction of sp³-hybridized carbons (Fsp3) is 0.263. The van der Waals surface area contributed by atoms with Crippen LogP contribution in [-0.4, -0.2) is 16.9 Å². The second-order valence-electron chi connectivity index (χ2n) is 5.97. The van der Waals surface area contributed by atoms with Gasteiger partial charge in [0, 0.05) is 16.8 Å². The first-order valence-electron chi connectivity index (χ1n) is 7.73. The normalized spacial score (nSPS) is 21.7. The summed E-state index contributed by atoms with van der Waals surface area (Å²) in [4.78, 5) is 0. The predicted molar refractivity (Wildman–Crippen MR) is 92.6 cm³/mol. The first-order chi connectivity index (χ1) is 10.6. The summed E-state index contributed by atoms with van der Waals surface area (Å²) in [5, 5.41) is 12.5. The van der Waals surface area contributed by atoms with E-state index in [-0.39, 0.29) is 6.16 Å². The van der Waals surface area contributed by atoms with Crippen molar-refractivity contribution in [2.24, 2.45) is 0 Å². The Morgan fingerprint density at radius 2 is 1.50 bits per heavy atom. The minimum absolute atomic E-state index is 0.268. The van der Waals surface area contributed by atoms with Crippen molar-refractivity contribution in [3.8, 4) is 0 Å². The highest BCUT2D eigenvalue weighted by atomic mass is 31.2. The average Bonchev–Trinajstić information content (AvgIpc) is 2.57. The maximum Gasteiger partial charge on any atom is 0.146 e. The molecule has 2 aromatic carbocycles. The molecule has 2 aromatic rings. The standard InChI is InChI=1S/C19H21O2P/c20-19(14-8-3-9-15-19)16-22(21,17-10-4-1-5-11-17)18-12-6-2-7-13-18/h1-2,4-8,10-14,20H,3,9,15-16H2. The fourth-order valence-corrected chi connectivity index (χ4v) is 6.10. The molecule has 22 heavy (non-hydrogen) atoms. The van der Waals surface area contributed by atoms with Crippen LogP contribution in [0.3, 0.4) is 0 Å². The number of allylic oxidation sites excluding steroid dienone is 1. The van der Waals surface area contributed by atoms with Gasteiger partial charge in [0.1, 0.15) is 7.14 Å². The minimum atomic E-state index is -2.86. The molecule has 1 unspecified atom stereocenters. The van der Waals surface area contributed by atoms with Crippen molar-refractivity contribution in [3.63, 3.8) is 0 Å². The van der Waals surface area contributed by atoms with Gasteiger partial charge in [-0.15, -0.1) is 0 Å². The SMILES string of the molecule is O=P(CC1(O)C=CCCC1)(c1ccccc1)c1ccccc1. The van der Waals surface area contributed by atoms with Crippen molar-refractivity contribution >= 4 is 17.8 Å². The van der Waals surface area contributed by atoms with Gasteiger partial charge in [0.2, 0.25) is 0 Å². The maximum atomic E-state index is 13.9. The summed E-state index contributed by atoms with van der Waals surface area (Å²) in [7, 11) is -2.86. The summed E-state index contributed by atoms with van der Waals surface area (Å²) >= 11 is 0. The summed E-state index contributed by atoms with van der Waals surface area (Å²) in [6.07, 6.45) is 6.72. The largest absolute Gasteiger partial charge is 0.385 e. The lowest BCUT2D eigenvalue weighted by Crippen LogP contribution is -2.36. The zero-order valence-corrected chi connectivity index (χ0v) is 13.5. The highest BCUT2D eigenvalue weighted by molar-refractivity contribution is 7.78. The van der Waals surface area contributed by atoms with Crippen molar-refractivity contribution in [2.45, 2.75) is 24.9 Å². The molecule has 0 radical (unpaired) electrons. The molecule has 0 aliphatic heterocycles. The van der Waals surface area contributed by atoms with Crippen LogP contribution in [0, 0.1) is 0 Å². The summed E-state index contributed by atoms with van der Waals surface area (Å²) in [6, 6.07) is 19.1. The van der Waals surface area contributed by atoms with Gasteiger partial charge >= 0.3 is 0 Å². The maximum absolute atomic E-state index is 13.9. The molecule has 0 fully saturated rings. The van der Waals surface area contributed by atoms with E-state index in [9.17, 15) is 9.67 Å². The quantitative estimate of drug-likeness (QED) is 0.693. The number of hydrogen-bond donors (Lipinski definition) is 1. The van der Waals surface area contributed by atoms with E-state index < -0.39 is 12.7 Å². The van der Waals surface area contributed by atoms with E-state index >= 15 is 0 Å². The van der Waals surface area contributed by atoms with Gasteiger partial charge in [0.15, 0.2) is 0 Å². The van der Waals surface area contributed by atoms with Gasteiger partial charge in [-0.05, 0) is 19.3 Å². The van der Waals surface area contributed by atoms with Gasteiger partial charge in [-0.25, -0.2) is 0 Å². The average molecular weight is 312 g/mol. The predicted octanol–water partition coefficient (Wildman–Crippen LogP) is 3.47. The van der Waals surface area contributed by atoms with E-state index in [4.69, 9.17) is 0 Å². The van der Waals surface area contributed by atoms with Crippen molar-refractivity contribution in [3.05, 3.63) is 72.8 Å². The molecule has 0 spiro atoms. The molecule has 3 heteroatoms. The number of hydrogen-bond acceptors (Lipinski definition) is 2. The first-order valence-corrected chi connectivity index (χ1v) is 9.62. The molecule has 0 amide bonds. The third-order valence-electron chi connectivity index (χ3n) is 4.25. The van der Waals surface area contributed by atoms with Crippen molar-refractivity contribution in [2.75, 3.05) is 6.16 Å². The number of benzene rings is 2. The molecule has 114 valence electrons. The molecule has 0 saturated heterocycles. The molecule has 1 aliphatic rings. The molecule has 1 atom stereocenters. The Morgan fingerprint density at radius 1 is 0.955 bits per heavy atom.